The Balaban J connectivity index is 3.31. The third kappa shape index (κ3) is 1.99. The first-order valence-electron chi connectivity index (χ1n) is 3.92. The molecule has 1 aromatic rings. The Morgan fingerprint density at radius 3 is 2.54 bits per heavy atom. The zero-order valence-corrected chi connectivity index (χ0v) is 8.19. The molecular formula is C10H9ClFN. The first-order valence-corrected chi connectivity index (χ1v) is 4.30. The fourth-order valence-electron chi connectivity index (χ4n) is 1.08. The minimum atomic E-state index is -0.356. The molecule has 13 heavy (non-hydrogen) atoms. The Morgan fingerprint density at radius 1 is 1.46 bits per heavy atom. The predicted octanol–water partition coefficient (Wildman–Crippen LogP) is 4.15. The third-order valence-electron chi connectivity index (χ3n) is 1.81. The summed E-state index contributed by atoms with van der Waals surface area (Å²) >= 11 is 5.77. The SMILES string of the molecule is [C-]#[N+]c1cc(F)c(C(C)C)cc1Cl. The van der Waals surface area contributed by atoms with Crippen molar-refractivity contribution in [3.63, 3.8) is 0 Å². The summed E-state index contributed by atoms with van der Waals surface area (Å²) in [6.07, 6.45) is 0. The Morgan fingerprint density at radius 2 is 2.08 bits per heavy atom. The lowest BCUT2D eigenvalue weighted by Gasteiger charge is -2.07. The molecule has 0 heterocycles. The number of halogens is 2. The monoisotopic (exact) mass is 197 g/mol. The molecule has 0 aliphatic heterocycles. The van der Waals surface area contributed by atoms with E-state index in [0.717, 1.165) is 0 Å². The molecule has 0 spiro atoms. The van der Waals surface area contributed by atoms with Gasteiger partial charge in [0.15, 0.2) is 0 Å². The van der Waals surface area contributed by atoms with Crippen LogP contribution in [0.3, 0.4) is 0 Å². The lowest BCUT2D eigenvalue weighted by atomic mass is 10.0. The van der Waals surface area contributed by atoms with Crippen LogP contribution in [0.15, 0.2) is 12.1 Å². The summed E-state index contributed by atoms with van der Waals surface area (Å²) in [4.78, 5) is 3.11. The van der Waals surface area contributed by atoms with E-state index in [9.17, 15) is 4.39 Å². The molecule has 0 unspecified atom stereocenters. The average Bonchev–Trinajstić information content (AvgIpc) is 2.07. The minimum Gasteiger partial charge on any atom is -0.236 e. The maximum Gasteiger partial charge on any atom is 0.208 e. The van der Waals surface area contributed by atoms with Crippen LogP contribution in [0.25, 0.3) is 4.85 Å². The number of benzene rings is 1. The lowest BCUT2D eigenvalue weighted by molar-refractivity contribution is 0.599. The number of rotatable bonds is 1. The molecule has 0 fully saturated rings. The van der Waals surface area contributed by atoms with Crippen LogP contribution in [0.4, 0.5) is 10.1 Å². The fourth-order valence-corrected chi connectivity index (χ4v) is 1.29. The molecular weight excluding hydrogens is 189 g/mol. The van der Waals surface area contributed by atoms with E-state index in [1.165, 1.54) is 12.1 Å². The molecule has 68 valence electrons. The molecule has 1 aromatic carbocycles. The molecule has 1 nitrogen and oxygen atoms in total. The van der Waals surface area contributed by atoms with E-state index < -0.39 is 0 Å². The predicted molar refractivity (Wildman–Crippen MR) is 51.8 cm³/mol. The van der Waals surface area contributed by atoms with Gasteiger partial charge in [-0.25, -0.2) is 9.24 Å². The van der Waals surface area contributed by atoms with Crippen LogP contribution in [0.2, 0.25) is 5.02 Å². The zero-order valence-electron chi connectivity index (χ0n) is 7.44. The molecule has 0 aromatic heterocycles. The second kappa shape index (κ2) is 3.76. The normalized spacial score (nSPS) is 10.2. The van der Waals surface area contributed by atoms with Crippen molar-refractivity contribution >= 4 is 17.3 Å². The number of nitrogens with zero attached hydrogens (tertiary/aromatic N) is 1. The Kier molecular flexibility index (Phi) is 2.90. The van der Waals surface area contributed by atoms with Crippen LogP contribution in [0.5, 0.6) is 0 Å². The number of hydrogen-bond donors (Lipinski definition) is 0. The van der Waals surface area contributed by atoms with E-state index in [0.29, 0.717) is 10.6 Å². The molecule has 3 heteroatoms. The van der Waals surface area contributed by atoms with Crippen molar-refractivity contribution < 1.29 is 4.39 Å². The molecule has 0 radical (unpaired) electrons. The molecule has 0 atom stereocenters. The molecule has 0 saturated carbocycles. The topological polar surface area (TPSA) is 4.36 Å². The van der Waals surface area contributed by atoms with E-state index in [4.69, 9.17) is 18.2 Å². The smallest absolute Gasteiger partial charge is 0.208 e. The van der Waals surface area contributed by atoms with Crippen LogP contribution in [-0.2, 0) is 0 Å². The summed E-state index contributed by atoms with van der Waals surface area (Å²) < 4.78 is 13.3. The highest BCUT2D eigenvalue weighted by molar-refractivity contribution is 6.33. The summed E-state index contributed by atoms with van der Waals surface area (Å²) in [7, 11) is 0. The third-order valence-corrected chi connectivity index (χ3v) is 2.11. The van der Waals surface area contributed by atoms with E-state index >= 15 is 0 Å². The number of hydrogen-bond acceptors (Lipinski definition) is 0. The maximum atomic E-state index is 13.3. The zero-order chi connectivity index (χ0) is 10.0. The summed E-state index contributed by atoms with van der Waals surface area (Å²) in [5.74, 6) is -0.275. The van der Waals surface area contributed by atoms with Gasteiger partial charge >= 0.3 is 0 Å². The van der Waals surface area contributed by atoms with Crippen molar-refractivity contribution in [2.45, 2.75) is 19.8 Å². The molecule has 0 aliphatic rings. The van der Waals surface area contributed by atoms with Crippen LogP contribution in [0, 0.1) is 12.4 Å². The summed E-state index contributed by atoms with van der Waals surface area (Å²) in [5.41, 5.74) is 0.723. The first kappa shape index (κ1) is 10.0. The minimum absolute atomic E-state index is 0.0808. The summed E-state index contributed by atoms with van der Waals surface area (Å²) in [6.45, 7) is 10.5. The average molecular weight is 198 g/mol. The van der Waals surface area contributed by atoms with Crippen LogP contribution >= 0.6 is 11.6 Å². The van der Waals surface area contributed by atoms with E-state index in [2.05, 4.69) is 4.85 Å². The molecule has 1 rings (SSSR count). The van der Waals surface area contributed by atoms with Crippen molar-refractivity contribution in [1.82, 2.24) is 0 Å². The molecule has 0 bridgehead atoms. The highest BCUT2D eigenvalue weighted by Crippen LogP contribution is 2.30. The van der Waals surface area contributed by atoms with E-state index in [1.807, 2.05) is 13.8 Å². The lowest BCUT2D eigenvalue weighted by Crippen LogP contribution is -1.92. The second-order valence-electron chi connectivity index (χ2n) is 3.09. The van der Waals surface area contributed by atoms with Gasteiger partial charge in [0.25, 0.3) is 0 Å². The van der Waals surface area contributed by atoms with Gasteiger partial charge in [-0.1, -0.05) is 25.4 Å². The van der Waals surface area contributed by atoms with Gasteiger partial charge in [-0.2, -0.15) is 0 Å². The standard InChI is InChI=1S/C10H9ClFN/c1-6(2)7-4-8(11)10(13-3)5-9(7)12/h4-6H,1-2H3. The fraction of sp³-hybridized carbons (Fsp3) is 0.300. The van der Waals surface area contributed by atoms with Gasteiger partial charge in [0.05, 0.1) is 6.57 Å². The van der Waals surface area contributed by atoms with E-state index in [1.54, 1.807) is 0 Å². The van der Waals surface area contributed by atoms with Crippen molar-refractivity contribution in [2.24, 2.45) is 0 Å². The van der Waals surface area contributed by atoms with E-state index in [-0.39, 0.29) is 17.4 Å². The summed E-state index contributed by atoms with van der Waals surface area (Å²) in [5, 5.41) is 0.320. The molecule has 0 amide bonds. The van der Waals surface area contributed by atoms with Gasteiger partial charge < -0.3 is 0 Å². The highest BCUT2D eigenvalue weighted by atomic mass is 35.5. The van der Waals surface area contributed by atoms with Gasteiger partial charge in [0.2, 0.25) is 5.69 Å². The first-order chi connectivity index (χ1) is 6.06. The van der Waals surface area contributed by atoms with Crippen molar-refractivity contribution in [3.8, 4) is 0 Å². The van der Waals surface area contributed by atoms with Crippen molar-refractivity contribution in [3.05, 3.63) is 40.0 Å². The Bertz CT molecular complexity index is 366. The Labute approximate surface area is 82.0 Å². The van der Waals surface area contributed by atoms with Crippen molar-refractivity contribution in [2.75, 3.05) is 0 Å². The van der Waals surface area contributed by atoms with Gasteiger partial charge in [-0.05, 0) is 23.6 Å². The summed E-state index contributed by atoms with van der Waals surface area (Å²) in [6, 6.07) is 2.71. The Hall–Kier alpha value is -1.07. The van der Waals surface area contributed by atoms with Crippen LogP contribution < -0.4 is 0 Å². The van der Waals surface area contributed by atoms with Crippen LogP contribution in [0.1, 0.15) is 25.3 Å². The highest BCUT2D eigenvalue weighted by Gasteiger charge is 2.10. The van der Waals surface area contributed by atoms with Gasteiger partial charge in [0.1, 0.15) is 5.82 Å². The molecule has 0 saturated heterocycles. The second-order valence-corrected chi connectivity index (χ2v) is 3.50. The van der Waals surface area contributed by atoms with Crippen molar-refractivity contribution in [1.29, 1.82) is 0 Å². The quantitative estimate of drug-likeness (QED) is 0.596. The van der Waals surface area contributed by atoms with Gasteiger partial charge in [-0.15, -0.1) is 0 Å². The largest absolute Gasteiger partial charge is 0.236 e. The molecule has 0 aliphatic carbocycles. The maximum absolute atomic E-state index is 13.3. The van der Waals surface area contributed by atoms with Gasteiger partial charge in [-0.3, -0.25) is 0 Å². The molecule has 0 N–H and O–H groups in total. The van der Waals surface area contributed by atoms with Crippen LogP contribution in [-0.4, -0.2) is 0 Å². The van der Waals surface area contributed by atoms with Gasteiger partial charge in [0, 0.05) is 5.02 Å².